The summed E-state index contributed by atoms with van der Waals surface area (Å²) in [6.45, 7) is 5.60. The maximum absolute atomic E-state index is 6.28. The quantitative estimate of drug-likeness (QED) is 0.810. The van der Waals surface area contributed by atoms with Gasteiger partial charge in [-0.2, -0.15) is 0 Å². The average molecular weight is 295 g/mol. The molecule has 0 bridgehead atoms. The summed E-state index contributed by atoms with van der Waals surface area (Å²) in [7, 11) is 0. The molecule has 0 saturated heterocycles. The first-order valence-corrected chi connectivity index (χ1v) is 8.36. The van der Waals surface area contributed by atoms with Gasteiger partial charge < -0.3 is 5.32 Å². The highest BCUT2D eigenvalue weighted by Gasteiger charge is 2.24. The van der Waals surface area contributed by atoms with E-state index in [4.69, 9.17) is 11.6 Å². The van der Waals surface area contributed by atoms with E-state index in [0.717, 1.165) is 29.8 Å². The number of aromatic nitrogens is 1. The Labute approximate surface area is 128 Å². The van der Waals surface area contributed by atoms with Crippen LogP contribution >= 0.6 is 11.6 Å². The lowest BCUT2D eigenvalue weighted by molar-refractivity contribution is 0.291. The lowest BCUT2D eigenvalue weighted by Crippen LogP contribution is -2.33. The van der Waals surface area contributed by atoms with Crippen LogP contribution in [0.4, 0.5) is 0 Å². The highest BCUT2D eigenvalue weighted by atomic mass is 35.5. The van der Waals surface area contributed by atoms with E-state index in [0.29, 0.717) is 6.04 Å². The fourth-order valence-electron chi connectivity index (χ4n) is 3.24. The van der Waals surface area contributed by atoms with Gasteiger partial charge in [-0.3, -0.25) is 4.98 Å². The smallest absolute Gasteiger partial charge is 0.0621 e. The van der Waals surface area contributed by atoms with E-state index in [-0.39, 0.29) is 0 Å². The van der Waals surface area contributed by atoms with Gasteiger partial charge >= 0.3 is 0 Å². The van der Waals surface area contributed by atoms with Gasteiger partial charge in [-0.15, -0.1) is 0 Å². The molecule has 2 nitrogen and oxygen atoms in total. The fourth-order valence-corrected chi connectivity index (χ4v) is 3.43. The molecule has 0 radical (unpaired) electrons. The molecule has 20 heavy (non-hydrogen) atoms. The molecule has 1 N–H and O–H groups in total. The zero-order chi connectivity index (χ0) is 14.4. The van der Waals surface area contributed by atoms with Crippen LogP contribution in [0.5, 0.6) is 0 Å². The van der Waals surface area contributed by atoms with E-state index in [2.05, 4.69) is 30.2 Å². The van der Waals surface area contributed by atoms with E-state index < -0.39 is 0 Å². The minimum absolute atomic E-state index is 0.573. The van der Waals surface area contributed by atoms with Crippen LogP contribution in [-0.4, -0.2) is 17.6 Å². The largest absolute Gasteiger partial charge is 0.314 e. The highest BCUT2D eigenvalue weighted by molar-refractivity contribution is 6.31. The summed E-state index contributed by atoms with van der Waals surface area (Å²) in [5.41, 5.74) is 1.27. The third-order valence-electron chi connectivity index (χ3n) is 4.44. The topological polar surface area (TPSA) is 24.9 Å². The molecule has 0 aliphatic heterocycles. The Balaban J connectivity index is 2.02. The molecule has 0 spiro atoms. The first-order chi connectivity index (χ1) is 9.66. The van der Waals surface area contributed by atoms with Crippen LogP contribution < -0.4 is 5.32 Å². The number of pyridine rings is 1. The van der Waals surface area contributed by atoms with Crippen molar-refractivity contribution in [3.63, 3.8) is 0 Å². The molecule has 0 aromatic carbocycles. The lowest BCUT2D eigenvalue weighted by atomic mass is 9.83. The van der Waals surface area contributed by atoms with E-state index >= 15 is 0 Å². The Morgan fingerprint density at radius 3 is 2.70 bits per heavy atom. The summed E-state index contributed by atoms with van der Waals surface area (Å²) in [4.78, 5) is 4.09. The summed E-state index contributed by atoms with van der Waals surface area (Å²) in [6, 6.07) is 2.66. The zero-order valence-electron chi connectivity index (χ0n) is 12.7. The molecule has 0 amide bonds. The van der Waals surface area contributed by atoms with Crippen molar-refractivity contribution in [1.29, 1.82) is 0 Å². The summed E-state index contributed by atoms with van der Waals surface area (Å²) in [5.74, 6) is 1.53. The van der Waals surface area contributed by atoms with Crippen molar-refractivity contribution in [3.8, 4) is 0 Å². The van der Waals surface area contributed by atoms with Crippen molar-refractivity contribution in [1.82, 2.24) is 10.3 Å². The maximum atomic E-state index is 6.28. The van der Waals surface area contributed by atoms with Gasteiger partial charge in [0.05, 0.1) is 5.02 Å². The molecule has 2 atom stereocenters. The molecule has 3 heteroatoms. The van der Waals surface area contributed by atoms with Crippen LogP contribution in [-0.2, 0) is 6.42 Å². The van der Waals surface area contributed by atoms with Crippen LogP contribution in [0.3, 0.4) is 0 Å². The molecule has 1 heterocycles. The van der Waals surface area contributed by atoms with Crippen LogP contribution in [0, 0.1) is 11.8 Å². The predicted molar refractivity (Wildman–Crippen MR) is 86.2 cm³/mol. The Morgan fingerprint density at radius 2 is 2.00 bits per heavy atom. The minimum atomic E-state index is 0.573. The molecule has 1 saturated carbocycles. The predicted octanol–water partition coefficient (Wildman–Crippen LogP) is 4.47. The summed E-state index contributed by atoms with van der Waals surface area (Å²) in [6.07, 6.45) is 11.6. The van der Waals surface area contributed by atoms with Crippen LogP contribution in [0.2, 0.25) is 5.02 Å². The third kappa shape index (κ3) is 4.75. The Bertz CT molecular complexity index is 406. The van der Waals surface area contributed by atoms with Crippen LogP contribution in [0.25, 0.3) is 0 Å². The first kappa shape index (κ1) is 15.8. The van der Waals surface area contributed by atoms with Gasteiger partial charge in [-0.25, -0.2) is 0 Å². The van der Waals surface area contributed by atoms with E-state index in [9.17, 15) is 0 Å². The first-order valence-electron chi connectivity index (χ1n) is 7.98. The van der Waals surface area contributed by atoms with Gasteiger partial charge in [0, 0.05) is 18.4 Å². The molecule has 1 aliphatic carbocycles. The highest BCUT2D eigenvalue weighted by Crippen LogP contribution is 2.32. The Morgan fingerprint density at radius 1 is 1.25 bits per heavy atom. The Hall–Kier alpha value is -0.600. The van der Waals surface area contributed by atoms with Gasteiger partial charge in [0.15, 0.2) is 0 Å². The number of hydrogen-bond donors (Lipinski definition) is 1. The second-order valence-corrected chi connectivity index (χ2v) is 6.80. The molecule has 1 aromatic rings. The fraction of sp³-hybridized carbons (Fsp3) is 0.706. The minimum Gasteiger partial charge on any atom is -0.314 e. The van der Waals surface area contributed by atoms with Gasteiger partial charge in [0.2, 0.25) is 0 Å². The van der Waals surface area contributed by atoms with Crippen LogP contribution in [0.1, 0.15) is 51.5 Å². The van der Waals surface area contributed by atoms with Gasteiger partial charge in [0.1, 0.15) is 0 Å². The van der Waals surface area contributed by atoms with Crippen molar-refractivity contribution in [2.75, 3.05) is 6.54 Å². The van der Waals surface area contributed by atoms with Crippen molar-refractivity contribution in [2.24, 2.45) is 11.8 Å². The third-order valence-corrected chi connectivity index (χ3v) is 4.78. The van der Waals surface area contributed by atoms with Crippen molar-refractivity contribution in [3.05, 3.63) is 29.0 Å². The van der Waals surface area contributed by atoms with Crippen molar-refractivity contribution in [2.45, 2.75) is 58.4 Å². The van der Waals surface area contributed by atoms with E-state index in [1.807, 2.05) is 6.20 Å². The summed E-state index contributed by atoms with van der Waals surface area (Å²) in [5, 5.41) is 4.45. The van der Waals surface area contributed by atoms with Gasteiger partial charge in [-0.1, -0.05) is 44.7 Å². The Kier molecular flexibility index (Phi) is 6.31. The average Bonchev–Trinajstić information content (AvgIpc) is 2.64. The molecule has 2 rings (SSSR count). The molecular weight excluding hydrogens is 268 g/mol. The van der Waals surface area contributed by atoms with Crippen molar-refractivity contribution >= 4 is 11.6 Å². The monoisotopic (exact) mass is 294 g/mol. The number of nitrogens with one attached hydrogen (secondary N) is 1. The lowest BCUT2D eigenvalue weighted by Gasteiger charge is -2.27. The number of nitrogens with zero attached hydrogens (tertiary/aromatic N) is 1. The molecule has 2 unspecified atom stereocenters. The second kappa shape index (κ2) is 7.99. The summed E-state index contributed by atoms with van der Waals surface area (Å²) < 4.78 is 0. The molecule has 1 fully saturated rings. The van der Waals surface area contributed by atoms with Gasteiger partial charge in [0.25, 0.3) is 0 Å². The molecule has 1 aromatic heterocycles. The van der Waals surface area contributed by atoms with Crippen LogP contribution in [0.15, 0.2) is 18.5 Å². The standard InChI is InChI=1S/C17H27ClN2/c1-13(2)20-11-16-7-5-3-4-6-14(16)10-15-8-9-19-12-17(15)18/h8-9,12-14,16,20H,3-7,10-11H2,1-2H3. The zero-order valence-corrected chi connectivity index (χ0v) is 13.5. The maximum Gasteiger partial charge on any atom is 0.0621 e. The van der Waals surface area contributed by atoms with E-state index in [1.54, 1.807) is 6.20 Å². The van der Waals surface area contributed by atoms with E-state index in [1.165, 1.54) is 37.7 Å². The summed E-state index contributed by atoms with van der Waals surface area (Å²) >= 11 is 6.28. The van der Waals surface area contributed by atoms with Crippen molar-refractivity contribution < 1.29 is 0 Å². The normalized spacial score (nSPS) is 23.8. The number of halogens is 1. The second-order valence-electron chi connectivity index (χ2n) is 6.39. The van der Waals surface area contributed by atoms with Gasteiger partial charge in [-0.05, 0) is 49.3 Å². The SMILES string of the molecule is CC(C)NCC1CCCCCC1Cc1ccncc1Cl. The molecular formula is C17H27ClN2. The number of hydrogen-bond acceptors (Lipinski definition) is 2. The molecule has 1 aliphatic rings. The number of rotatable bonds is 5. The molecule has 112 valence electrons.